The Labute approximate surface area is 126 Å². The number of rotatable bonds is 7. The van der Waals surface area contributed by atoms with Gasteiger partial charge in [0.15, 0.2) is 5.13 Å². The van der Waals surface area contributed by atoms with Gasteiger partial charge in [-0.15, -0.1) is 35.1 Å². The Balaban J connectivity index is 0.00000180. The van der Waals surface area contributed by atoms with Crippen LogP contribution in [0.5, 0.6) is 0 Å². The minimum atomic E-state index is 0. The minimum Gasteiger partial charge on any atom is -0.383 e. The predicted octanol–water partition coefficient (Wildman–Crippen LogP) is 2.25. The van der Waals surface area contributed by atoms with Crippen molar-refractivity contribution in [2.24, 2.45) is 0 Å². The fourth-order valence-corrected chi connectivity index (χ4v) is 2.95. The smallest absolute Gasteiger partial charge is 0.180 e. The highest BCUT2D eigenvalue weighted by molar-refractivity contribution is 7.15. The van der Waals surface area contributed by atoms with Crippen LogP contribution in [-0.2, 0) is 17.8 Å². The van der Waals surface area contributed by atoms with Gasteiger partial charge in [0.05, 0.1) is 12.1 Å². The van der Waals surface area contributed by atoms with Gasteiger partial charge in [-0.3, -0.25) is 9.88 Å². The molecule has 0 unspecified atom stereocenters. The Bertz CT molecular complexity index is 463. The number of nitrogens with two attached hydrogens (primary N) is 1. The van der Waals surface area contributed by atoms with Gasteiger partial charge in [-0.05, 0) is 0 Å². The van der Waals surface area contributed by atoms with Gasteiger partial charge in [-0.2, -0.15) is 0 Å². The molecule has 19 heavy (non-hydrogen) atoms. The minimum absolute atomic E-state index is 0. The van der Waals surface area contributed by atoms with E-state index in [2.05, 4.69) is 14.9 Å². The average Bonchev–Trinajstić information content (AvgIpc) is 2.98. The molecule has 0 saturated carbocycles. The predicted molar refractivity (Wildman–Crippen MR) is 81.9 cm³/mol. The number of aromatic nitrogens is 2. The molecule has 0 aliphatic rings. The quantitative estimate of drug-likeness (QED) is 0.847. The molecule has 106 valence electrons. The summed E-state index contributed by atoms with van der Waals surface area (Å²) in [7, 11) is 1.72. The first kappa shape index (κ1) is 16.3. The molecule has 0 radical (unpaired) electrons. The normalized spacial score (nSPS) is 10.6. The van der Waals surface area contributed by atoms with Crippen molar-refractivity contribution in [3.8, 4) is 0 Å². The van der Waals surface area contributed by atoms with Crippen molar-refractivity contribution in [1.29, 1.82) is 0 Å². The highest BCUT2D eigenvalue weighted by Gasteiger charge is 2.10. The fraction of sp³-hybridized carbons (Fsp3) is 0.455. The second kappa shape index (κ2) is 8.44. The fourth-order valence-electron chi connectivity index (χ4n) is 1.59. The van der Waals surface area contributed by atoms with Crippen molar-refractivity contribution >= 4 is 40.2 Å². The number of nitrogen functional groups attached to an aromatic ring is 1. The van der Waals surface area contributed by atoms with Crippen LogP contribution in [0.3, 0.4) is 0 Å². The molecule has 2 rings (SSSR count). The van der Waals surface area contributed by atoms with Crippen LogP contribution in [0.1, 0.15) is 9.75 Å². The zero-order valence-corrected chi connectivity index (χ0v) is 13.1. The molecule has 2 N–H and O–H groups in total. The van der Waals surface area contributed by atoms with Crippen molar-refractivity contribution in [2.45, 2.75) is 13.1 Å². The number of hydrogen-bond donors (Lipinski definition) is 1. The number of methoxy groups -OCH3 is 1. The molecule has 2 heterocycles. The molecule has 0 aliphatic heterocycles. The molecule has 0 spiro atoms. The van der Waals surface area contributed by atoms with E-state index in [4.69, 9.17) is 10.5 Å². The van der Waals surface area contributed by atoms with Crippen LogP contribution in [0.2, 0.25) is 0 Å². The number of halogens is 1. The monoisotopic (exact) mass is 320 g/mol. The standard InChI is InChI=1S/C11H16N4OS2.ClH/c1-16-3-2-15(6-9-4-13-8-17-9)7-10-5-14-11(12)18-10;/h4-5,8H,2-3,6-7H2,1H3,(H2,12,14);1H. The maximum atomic E-state index is 5.65. The number of ether oxygens (including phenoxy) is 1. The largest absolute Gasteiger partial charge is 0.383 e. The van der Waals surface area contributed by atoms with Gasteiger partial charge in [0.25, 0.3) is 0 Å². The summed E-state index contributed by atoms with van der Waals surface area (Å²) in [6, 6.07) is 0. The van der Waals surface area contributed by atoms with E-state index in [9.17, 15) is 0 Å². The van der Waals surface area contributed by atoms with Crippen LogP contribution in [0.15, 0.2) is 17.9 Å². The number of hydrogen-bond acceptors (Lipinski definition) is 7. The van der Waals surface area contributed by atoms with Crippen molar-refractivity contribution in [2.75, 3.05) is 26.0 Å². The molecule has 2 aromatic rings. The summed E-state index contributed by atoms with van der Waals surface area (Å²) >= 11 is 3.20. The summed E-state index contributed by atoms with van der Waals surface area (Å²) in [5.74, 6) is 0. The van der Waals surface area contributed by atoms with E-state index in [0.29, 0.717) is 11.7 Å². The molecule has 8 heteroatoms. The lowest BCUT2D eigenvalue weighted by atomic mass is 10.4. The van der Waals surface area contributed by atoms with Crippen molar-refractivity contribution in [1.82, 2.24) is 14.9 Å². The summed E-state index contributed by atoms with van der Waals surface area (Å²) in [6.07, 6.45) is 3.75. The summed E-state index contributed by atoms with van der Waals surface area (Å²) in [4.78, 5) is 12.9. The van der Waals surface area contributed by atoms with E-state index >= 15 is 0 Å². The van der Waals surface area contributed by atoms with Crippen LogP contribution in [0, 0.1) is 0 Å². The van der Waals surface area contributed by atoms with E-state index in [1.807, 2.05) is 17.9 Å². The Hall–Kier alpha value is -0.730. The summed E-state index contributed by atoms with van der Waals surface area (Å²) < 4.78 is 5.14. The third-order valence-electron chi connectivity index (χ3n) is 2.43. The average molecular weight is 321 g/mol. The molecule has 2 aromatic heterocycles. The third-order valence-corrected chi connectivity index (χ3v) is 4.00. The van der Waals surface area contributed by atoms with Crippen LogP contribution in [0.25, 0.3) is 0 Å². The molecule has 0 fully saturated rings. The zero-order valence-electron chi connectivity index (χ0n) is 10.6. The molecule has 0 atom stereocenters. The van der Waals surface area contributed by atoms with Crippen molar-refractivity contribution in [3.05, 3.63) is 27.7 Å². The zero-order chi connectivity index (χ0) is 12.8. The van der Waals surface area contributed by atoms with E-state index in [0.717, 1.165) is 19.6 Å². The van der Waals surface area contributed by atoms with E-state index < -0.39 is 0 Å². The Morgan fingerprint density at radius 3 is 2.68 bits per heavy atom. The Morgan fingerprint density at radius 2 is 2.11 bits per heavy atom. The molecular weight excluding hydrogens is 304 g/mol. The van der Waals surface area contributed by atoms with Gasteiger partial charge >= 0.3 is 0 Å². The second-order valence-corrected chi connectivity index (χ2v) is 5.95. The van der Waals surface area contributed by atoms with E-state index in [1.54, 1.807) is 18.4 Å². The number of thiazole rings is 2. The van der Waals surface area contributed by atoms with Gasteiger partial charge in [-0.25, -0.2) is 4.98 Å². The summed E-state index contributed by atoms with van der Waals surface area (Å²) in [6.45, 7) is 3.32. The van der Waals surface area contributed by atoms with E-state index in [1.165, 1.54) is 21.1 Å². The molecule has 5 nitrogen and oxygen atoms in total. The van der Waals surface area contributed by atoms with Crippen LogP contribution in [-0.4, -0.2) is 35.1 Å². The second-order valence-electron chi connectivity index (χ2n) is 3.84. The topological polar surface area (TPSA) is 64.3 Å². The number of nitrogens with zero attached hydrogens (tertiary/aromatic N) is 3. The molecule has 0 bridgehead atoms. The van der Waals surface area contributed by atoms with Crippen LogP contribution >= 0.6 is 35.1 Å². The van der Waals surface area contributed by atoms with Crippen molar-refractivity contribution in [3.63, 3.8) is 0 Å². The molecule has 0 amide bonds. The lowest BCUT2D eigenvalue weighted by molar-refractivity contribution is 0.141. The SMILES string of the molecule is COCCN(Cc1cncs1)Cc1cnc(N)s1.Cl. The van der Waals surface area contributed by atoms with Gasteiger partial charge in [0.2, 0.25) is 0 Å². The van der Waals surface area contributed by atoms with Gasteiger partial charge < -0.3 is 10.5 Å². The summed E-state index contributed by atoms with van der Waals surface area (Å²) in [5, 5.41) is 0.620. The summed E-state index contributed by atoms with van der Waals surface area (Å²) in [5.41, 5.74) is 7.50. The lowest BCUT2D eigenvalue weighted by Crippen LogP contribution is -2.25. The first-order valence-corrected chi connectivity index (χ1v) is 7.26. The molecular formula is C11H17ClN4OS2. The van der Waals surface area contributed by atoms with Crippen LogP contribution < -0.4 is 5.73 Å². The maximum absolute atomic E-state index is 5.65. The molecule has 0 aliphatic carbocycles. The van der Waals surface area contributed by atoms with E-state index in [-0.39, 0.29) is 12.4 Å². The maximum Gasteiger partial charge on any atom is 0.180 e. The lowest BCUT2D eigenvalue weighted by Gasteiger charge is -2.19. The highest BCUT2D eigenvalue weighted by atomic mass is 35.5. The molecule has 0 aromatic carbocycles. The Morgan fingerprint density at radius 1 is 1.32 bits per heavy atom. The number of anilines is 1. The Kier molecular flexibility index (Phi) is 7.25. The van der Waals surface area contributed by atoms with Crippen molar-refractivity contribution < 1.29 is 4.74 Å². The first-order valence-electron chi connectivity index (χ1n) is 5.57. The van der Waals surface area contributed by atoms with Crippen LogP contribution in [0.4, 0.5) is 5.13 Å². The van der Waals surface area contributed by atoms with Gasteiger partial charge in [0.1, 0.15) is 0 Å². The van der Waals surface area contributed by atoms with Gasteiger partial charge in [0, 0.05) is 48.9 Å². The first-order chi connectivity index (χ1) is 8.78. The molecule has 0 saturated heterocycles. The van der Waals surface area contributed by atoms with Gasteiger partial charge in [-0.1, -0.05) is 0 Å². The highest BCUT2D eigenvalue weighted by Crippen LogP contribution is 2.18. The third kappa shape index (κ3) is 5.42.